The summed E-state index contributed by atoms with van der Waals surface area (Å²) in [6.45, 7) is 1.71. The van der Waals surface area contributed by atoms with E-state index >= 15 is 0 Å². The van der Waals surface area contributed by atoms with Crippen LogP contribution in [0.25, 0.3) is 0 Å². The predicted octanol–water partition coefficient (Wildman–Crippen LogP) is 10.2. The summed E-state index contributed by atoms with van der Waals surface area (Å²) < 4.78 is 34.5. The molecule has 91 heavy (non-hydrogen) atoms. The zero-order chi connectivity index (χ0) is 66.1. The Balaban J connectivity index is 1.40. The second-order valence-corrected chi connectivity index (χ2v) is 26.0. The Morgan fingerprint density at radius 2 is 0.758 bits per heavy atom. The largest absolute Gasteiger partial charge is 0.394 e. The Bertz CT molecular complexity index is 1840. The van der Waals surface area contributed by atoms with Crippen molar-refractivity contribution in [2.24, 2.45) is 0 Å². The third kappa shape index (κ3) is 35.5. The van der Waals surface area contributed by atoms with Crippen LogP contribution in [0.2, 0.25) is 0 Å². The Morgan fingerprint density at radius 3 is 1.19 bits per heavy atom. The normalized spacial score (nSPS) is 28.1. The monoisotopic (exact) mass is 1300 g/mol. The lowest BCUT2D eigenvalue weighted by molar-refractivity contribution is -0.379. The molecule has 0 aromatic rings. The van der Waals surface area contributed by atoms with Crippen molar-refractivity contribution >= 4 is 5.91 Å². The number of hydrogen-bond donors (Lipinski definition) is 12. The van der Waals surface area contributed by atoms with Gasteiger partial charge >= 0.3 is 0 Å². The van der Waals surface area contributed by atoms with Gasteiger partial charge in [0.15, 0.2) is 18.9 Å². The average molecular weight is 1300 g/mol. The first kappa shape index (κ1) is 83.0. The highest BCUT2D eigenvalue weighted by molar-refractivity contribution is 5.76. The smallest absolute Gasteiger partial charge is 0.220 e. The maximum absolute atomic E-state index is 13.5. The van der Waals surface area contributed by atoms with Crippen LogP contribution in [0.3, 0.4) is 0 Å². The van der Waals surface area contributed by atoms with Crippen LogP contribution >= 0.6 is 0 Å². The minimum absolute atomic E-state index is 0.242. The van der Waals surface area contributed by atoms with Crippen molar-refractivity contribution in [1.29, 1.82) is 0 Å². The van der Waals surface area contributed by atoms with E-state index in [1.165, 1.54) is 167 Å². The number of carbonyl (C=O) groups is 1. The highest BCUT2D eigenvalue weighted by Crippen LogP contribution is 2.33. The molecule has 0 aromatic carbocycles. The van der Waals surface area contributed by atoms with E-state index in [0.29, 0.717) is 12.8 Å². The molecule has 1 amide bonds. The number of carbonyl (C=O) groups excluding carboxylic acids is 1. The molecule has 0 spiro atoms. The fraction of sp³-hybridized carbons (Fsp3) is 0.875. The molecule has 0 aliphatic carbocycles. The second kappa shape index (κ2) is 53.8. The molecule has 3 heterocycles. The average Bonchev–Trinajstić information content (AvgIpc) is 0.885. The van der Waals surface area contributed by atoms with E-state index in [9.17, 15) is 61.0 Å². The van der Waals surface area contributed by atoms with E-state index in [1.807, 2.05) is 0 Å². The van der Waals surface area contributed by atoms with E-state index < -0.39 is 124 Å². The molecular formula is C72H131NO18. The number of nitrogens with one attached hydrogen (secondary N) is 1. The molecule has 3 aliphatic heterocycles. The molecule has 12 N–H and O–H groups in total. The van der Waals surface area contributed by atoms with Gasteiger partial charge in [-0.2, -0.15) is 0 Å². The summed E-state index contributed by atoms with van der Waals surface area (Å²) in [5, 5.41) is 121. The van der Waals surface area contributed by atoms with Crippen molar-refractivity contribution in [2.45, 2.75) is 375 Å². The first-order valence-corrected chi connectivity index (χ1v) is 36.4. The molecule has 17 unspecified atom stereocenters. The molecule has 0 radical (unpaired) electrons. The standard InChI is InChI=1S/C72H131NO18/c1-3-5-7-9-11-13-15-17-19-21-23-24-25-26-27-28-29-30-32-34-36-38-40-42-44-46-48-50-60(78)73-55(56(77)49-47-45-43-41-39-37-35-33-31-22-20-18-16-14-12-10-8-6-4-2)54-86-70-66(84)63(81)68(58(52-75)88-70)91-72-67(85)64(82)69(59(53-76)89-72)90-71-65(83)62(80)61(79)57(51-74)87-71/h5,7,11,13,17,19,23-24,55-59,61-72,74-77,79-85H,3-4,6,8-10,12,14-16,18,20-22,25-54H2,1-2H3,(H,73,78)/b7-5-,13-11-,19-17-,24-23-. The number of aliphatic hydroxyl groups excluding tert-OH is 11. The van der Waals surface area contributed by atoms with Crippen LogP contribution in [0.5, 0.6) is 0 Å². The molecule has 532 valence electrons. The van der Waals surface area contributed by atoms with E-state index in [-0.39, 0.29) is 18.9 Å². The highest BCUT2D eigenvalue weighted by Gasteiger charge is 2.53. The van der Waals surface area contributed by atoms with Crippen molar-refractivity contribution in [3.8, 4) is 0 Å². The minimum atomic E-state index is -1.97. The zero-order valence-electron chi connectivity index (χ0n) is 56.3. The quantitative estimate of drug-likeness (QED) is 0.0199. The van der Waals surface area contributed by atoms with Gasteiger partial charge in [0, 0.05) is 6.42 Å². The van der Waals surface area contributed by atoms with Gasteiger partial charge in [-0.3, -0.25) is 4.79 Å². The summed E-state index contributed by atoms with van der Waals surface area (Å²) in [6.07, 6.45) is 37.5. The molecule has 3 aliphatic rings. The molecule has 19 nitrogen and oxygen atoms in total. The van der Waals surface area contributed by atoms with Gasteiger partial charge in [0.25, 0.3) is 0 Å². The van der Waals surface area contributed by atoms with Crippen LogP contribution in [0.1, 0.15) is 271 Å². The molecule has 17 atom stereocenters. The summed E-state index contributed by atoms with van der Waals surface area (Å²) in [5.74, 6) is -0.242. The molecule has 0 saturated carbocycles. The molecule has 19 heteroatoms. The zero-order valence-corrected chi connectivity index (χ0v) is 56.3. The van der Waals surface area contributed by atoms with E-state index in [2.05, 4.69) is 67.8 Å². The van der Waals surface area contributed by atoms with Crippen LogP contribution in [-0.4, -0.2) is 193 Å². The van der Waals surface area contributed by atoms with Crippen LogP contribution in [0.4, 0.5) is 0 Å². The maximum atomic E-state index is 13.5. The van der Waals surface area contributed by atoms with Crippen LogP contribution in [0, 0.1) is 0 Å². The van der Waals surface area contributed by atoms with Gasteiger partial charge in [-0.25, -0.2) is 0 Å². The lowest BCUT2D eigenvalue weighted by Crippen LogP contribution is -2.66. The lowest BCUT2D eigenvalue weighted by Gasteiger charge is -2.48. The molecule has 3 fully saturated rings. The summed E-state index contributed by atoms with van der Waals surface area (Å²) >= 11 is 0. The van der Waals surface area contributed by atoms with Crippen LogP contribution in [-0.2, 0) is 33.2 Å². The van der Waals surface area contributed by atoms with E-state index in [1.54, 1.807) is 0 Å². The van der Waals surface area contributed by atoms with Crippen molar-refractivity contribution in [3.63, 3.8) is 0 Å². The number of hydrogen-bond acceptors (Lipinski definition) is 18. The third-order valence-corrected chi connectivity index (χ3v) is 18.2. The molecular weight excluding hydrogens is 1170 g/mol. The van der Waals surface area contributed by atoms with Crippen molar-refractivity contribution in [1.82, 2.24) is 5.32 Å². The number of amides is 1. The molecule has 3 saturated heterocycles. The molecule has 0 bridgehead atoms. The first-order chi connectivity index (χ1) is 44.3. The topological polar surface area (TPSA) is 307 Å². The fourth-order valence-corrected chi connectivity index (χ4v) is 12.3. The first-order valence-electron chi connectivity index (χ1n) is 36.4. The maximum Gasteiger partial charge on any atom is 0.220 e. The highest BCUT2D eigenvalue weighted by atomic mass is 16.8. The molecule has 3 rings (SSSR count). The van der Waals surface area contributed by atoms with Crippen molar-refractivity contribution in [3.05, 3.63) is 48.6 Å². The number of ether oxygens (including phenoxy) is 6. The molecule has 0 aromatic heterocycles. The van der Waals surface area contributed by atoms with Gasteiger partial charge in [0.05, 0.1) is 38.6 Å². The number of aliphatic hydroxyl groups is 11. The number of unbranched alkanes of at least 4 members (excludes halogenated alkanes) is 32. The number of allylic oxidation sites excluding steroid dienone is 8. The Hall–Kier alpha value is -2.25. The predicted molar refractivity (Wildman–Crippen MR) is 356 cm³/mol. The van der Waals surface area contributed by atoms with Crippen LogP contribution in [0.15, 0.2) is 48.6 Å². The van der Waals surface area contributed by atoms with Gasteiger partial charge in [-0.1, -0.05) is 262 Å². The van der Waals surface area contributed by atoms with Crippen molar-refractivity contribution < 1.29 is 89.4 Å². The Morgan fingerprint density at radius 1 is 0.407 bits per heavy atom. The van der Waals surface area contributed by atoms with Gasteiger partial charge in [0.1, 0.15) is 73.2 Å². The second-order valence-electron chi connectivity index (χ2n) is 26.0. The summed E-state index contributed by atoms with van der Waals surface area (Å²) in [7, 11) is 0. The Labute approximate surface area is 548 Å². The van der Waals surface area contributed by atoms with Crippen molar-refractivity contribution in [2.75, 3.05) is 26.4 Å². The van der Waals surface area contributed by atoms with Gasteiger partial charge in [-0.15, -0.1) is 0 Å². The minimum Gasteiger partial charge on any atom is -0.394 e. The van der Waals surface area contributed by atoms with E-state index in [0.717, 1.165) is 70.6 Å². The van der Waals surface area contributed by atoms with E-state index in [4.69, 9.17) is 28.4 Å². The summed E-state index contributed by atoms with van der Waals surface area (Å²) in [5.41, 5.74) is 0. The third-order valence-electron chi connectivity index (χ3n) is 18.2. The SMILES string of the molecule is CC/C=C\C/C=C\C/C=C\C/C=C\CCCCCCCCCCCCCCCCC(=O)NC(COC1OC(CO)C(OC2OC(CO)C(OC3OC(CO)C(O)C(O)C3O)C(O)C2O)C(O)C1O)C(O)CCCCCCCCCCCCCCCCCCCCC. The van der Waals surface area contributed by atoms with Gasteiger partial charge in [0.2, 0.25) is 5.91 Å². The van der Waals surface area contributed by atoms with Gasteiger partial charge in [-0.05, 0) is 51.4 Å². The summed E-state index contributed by atoms with van der Waals surface area (Å²) in [6, 6.07) is -0.889. The summed E-state index contributed by atoms with van der Waals surface area (Å²) in [4.78, 5) is 13.5. The Kier molecular flexibility index (Phi) is 49.1. The number of rotatable bonds is 56. The van der Waals surface area contributed by atoms with Crippen LogP contribution < -0.4 is 5.32 Å². The fourth-order valence-electron chi connectivity index (χ4n) is 12.3. The van der Waals surface area contributed by atoms with Gasteiger partial charge < -0.3 is 89.9 Å². The lowest BCUT2D eigenvalue weighted by atomic mass is 9.96.